The van der Waals surface area contributed by atoms with Crippen LogP contribution in [0, 0.1) is 0 Å². The lowest BCUT2D eigenvalue weighted by Crippen LogP contribution is -2.29. The van der Waals surface area contributed by atoms with Crippen LogP contribution < -0.4 is 0 Å². The minimum atomic E-state index is -0.592. The molecule has 0 fully saturated rings. The minimum absolute atomic E-state index is 0.00150. The smallest absolute Gasteiger partial charge is 0.185 e. The Bertz CT molecular complexity index is 3030. The van der Waals surface area contributed by atoms with Gasteiger partial charge in [-0.15, -0.1) is 0 Å². The normalized spacial score (nSPS) is 15.3. The highest BCUT2D eigenvalue weighted by molar-refractivity contribution is 6.07. The van der Waals surface area contributed by atoms with Gasteiger partial charge in [0.25, 0.3) is 0 Å². The number of carbonyl (C=O) groups is 1. The molecule has 0 radical (unpaired) electrons. The van der Waals surface area contributed by atoms with Gasteiger partial charge in [0.2, 0.25) is 0 Å². The summed E-state index contributed by atoms with van der Waals surface area (Å²) in [5.41, 5.74) is 18.5. The lowest BCUT2D eigenvalue weighted by molar-refractivity contribution is 0.104. The van der Waals surface area contributed by atoms with Crippen molar-refractivity contribution in [1.29, 1.82) is 0 Å². The Balaban J connectivity index is 1.12. The Hall–Kier alpha value is -7.87. The Kier molecular flexibility index (Phi) is 9.79. The number of hydrogen-bond donors (Lipinski definition) is 0. The lowest BCUT2D eigenvalue weighted by Gasteiger charge is -2.34. The molecule has 0 heterocycles. The number of fused-ring (bicyclic) bond motifs is 7. The van der Waals surface area contributed by atoms with Crippen molar-refractivity contribution in [2.24, 2.45) is 0 Å². The molecule has 0 N–H and O–H groups in total. The van der Waals surface area contributed by atoms with Crippen LogP contribution in [0.25, 0.3) is 66.8 Å². The summed E-state index contributed by atoms with van der Waals surface area (Å²) in [7, 11) is 0. The molecule has 1 spiro atoms. The van der Waals surface area contributed by atoms with E-state index in [-0.39, 0.29) is 11.7 Å². The largest absolute Gasteiger partial charge is 0.289 e. The number of carbonyl (C=O) groups excluding carboxylic acids is 1. The first-order valence-electron chi connectivity index (χ1n) is 21.9. The van der Waals surface area contributed by atoms with Gasteiger partial charge in [-0.3, -0.25) is 4.79 Å². The van der Waals surface area contributed by atoms with Gasteiger partial charge in [0, 0.05) is 11.5 Å². The topological polar surface area (TPSA) is 17.1 Å². The molecular formula is C62H44O. The van der Waals surface area contributed by atoms with Gasteiger partial charge in [-0.05, 0) is 132 Å². The third kappa shape index (κ3) is 6.98. The molecule has 1 unspecified atom stereocenters. The van der Waals surface area contributed by atoms with Crippen molar-refractivity contribution < 1.29 is 4.79 Å². The molecular weight excluding hydrogens is 761 g/mol. The van der Waals surface area contributed by atoms with Crippen LogP contribution in [0.3, 0.4) is 0 Å². The van der Waals surface area contributed by atoms with E-state index in [0.29, 0.717) is 6.42 Å². The second-order valence-electron chi connectivity index (χ2n) is 16.7. The standard InChI is InChI=1S/C62H44O/c63-61-34-32-47(53-38-49(43-18-5-1-6-19-43)36-50(39-53)44-20-7-2-8-21-44)26-17-35-62(58-29-15-13-27-55(58)56-28-14-16-30-59(56)62)60-33-31-48(42-57(60)61)54-40-51(45-22-9-3-10-23-45)37-52(41-54)46-24-11-4-12-25-46/h1-34,36-42,47H,35H2/b26-17?,34-32+. The van der Waals surface area contributed by atoms with E-state index in [1.54, 1.807) is 0 Å². The predicted molar refractivity (Wildman–Crippen MR) is 262 cm³/mol. The van der Waals surface area contributed by atoms with Crippen molar-refractivity contribution in [3.63, 3.8) is 0 Å². The van der Waals surface area contributed by atoms with Crippen LogP contribution in [0.5, 0.6) is 0 Å². The Morgan fingerprint density at radius 3 is 1.21 bits per heavy atom. The highest BCUT2D eigenvalue weighted by atomic mass is 16.1. The molecule has 0 bridgehead atoms. The molecule has 9 aromatic rings. The summed E-state index contributed by atoms with van der Waals surface area (Å²) in [6.07, 6.45) is 9.31. The number of ketones is 1. The molecule has 2 aliphatic rings. The van der Waals surface area contributed by atoms with Gasteiger partial charge in [-0.1, -0.05) is 212 Å². The summed E-state index contributed by atoms with van der Waals surface area (Å²) in [4.78, 5) is 15.3. The predicted octanol–water partition coefficient (Wildman–Crippen LogP) is 15.8. The number of rotatable bonds is 6. The third-order valence-electron chi connectivity index (χ3n) is 13.1. The summed E-state index contributed by atoms with van der Waals surface area (Å²) < 4.78 is 0. The highest BCUT2D eigenvalue weighted by Crippen LogP contribution is 2.56. The second kappa shape index (κ2) is 16.2. The Morgan fingerprint density at radius 1 is 0.333 bits per heavy atom. The zero-order chi connectivity index (χ0) is 42.2. The van der Waals surface area contributed by atoms with E-state index in [4.69, 9.17) is 0 Å². The van der Waals surface area contributed by atoms with Gasteiger partial charge < -0.3 is 0 Å². The number of hydrogen-bond acceptors (Lipinski definition) is 1. The van der Waals surface area contributed by atoms with Gasteiger partial charge >= 0.3 is 0 Å². The molecule has 0 amide bonds. The average Bonchev–Trinajstić information content (AvgIpc) is 3.65. The van der Waals surface area contributed by atoms with E-state index in [1.165, 1.54) is 22.3 Å². The van der Waals surface area contributed by atoms with Crippen LogP contribution >= 0.6 is 0 Å². The Labute approximate surface area is 370 Å². The molecule has 0 aromatic heterocycles. The van der Waals surface area contributed by atoms with E-state index >= 15 is 4.79 Å². The van der Waals surface area contributed by atoms with Gasteiger partial charge in [-0.25, -0.2) is 0 Å². The van der Waals surface area contributed by atoms with Crippen molar-refractivity contribution in [1.82, 2.24) is 0 Å². The monoisotopic (exact) mass is 804 g/mol. The maximum Gasteiger partial charge on any atom is 0.185 e. The molecule has 1 nitrogen and oxygen atoms in total. The molecule has 63 heavy (non-hydrogen) atoms. The maximum atomic E-state index is 15.3. The molecule has 2 aliphatic carbocycles. The summed E-state index contributed by atoms with van der Waals surface area (Å²) in [6.45, 7) is 0. The first kappa shape index (κ1) is 38.1. The second-order valence-corrected chi connectivity index (χ2v) is 16.7. The van der Waals surface area contributed by atoms with Crippen molar-refractivity contribution in [2.45, 2.75) is 17.8 Å². The average molecular weight is 805 g/mol. The fraction of sp³-hybridized carbons (Fsp3) is 0.0484. The van der Waals surface area contributed by atoms with Crippen molar-refractivity contribution in [3.8, 4) is 66.8 Å². The summed E-state index contributed by atoms with van der Waals surface area (Å²) in [6, 6.07) is 80.2. The fourth-order valence-corrected chi connectivity index (χ4v) is 10.0. The van der Waals surface area contributed by atoms with Gasteiger partial charge in [0.15, 0.2) is 5.78 Å². The van der Waals surface area contributed by atoms with Crippen LogP contribution in [0.1, 0.15) is 45.0 Å². The zero-order valence-corrected chi connectivity index (χ0v) is 34.9. The quantitative estimate of drug-likeness (QED) is 0.153. The van der Waals surface area contributed by atoms with Crippen LogP contribution in [0.4, 0.5) is 0 Å². The fourth-order valence-electron chi connectivity index (χ4n) is 10.0. The molecule has 9 aromatic carbocycles. The van der Waals surface area contributed by atoms with Gasteiger partial charge in [0.1, 0.15) is 0 Å². The molecule has 1 atom stereocenters. The summed E-state index contributed by atoms with van der Waals surface area (Å²) in [5, 5.41) is 0. The summed E-state index contributed by atoms with van der Waals surface area (Å²) in [5.74, 6) is -0.150. The highest BCUT2D eigenvalue weighted by Gasteiger charge is 2.45. The first-order chi connectivity index (χ1) is 31.1. The van der Waals surface area contributed by atoms with Crippen LogP contribution in [-0.2, 0) is 5.41 Å². The van der Waals surface area contributed by atoms with Crippen LogP contribution in [0.2, 0.25) is 0 Å². The van der Waals surface area contributed by atoms with Crippen molar-refractivity contribution in [2.75, 3.05) is 0 Å². The van der Waals surface area contributed by atoms with Gasteiger partial charge in [0.05, 0.1) is 5.41 Å². The number of benzene rings is 9. The molecule has 0 saturated heterocycles. The van der Waals surface area contributed by atoms with E-state index in [9.17, 15) is 0 Å². The maximum absolute atomic E-state index is 15.3. The molecule has 11 rings (SSSR count). The SMILES string of the molecule is O=C1/C=C/C(c2cc(-c3ccccc3)cc(-c3ccccc3)c2)C=CCC2(c3ccc(-c4cc(-c5ccccc5)cc(-c5ccccc5)c4)cc31)c1ccccc1-c1ccccc12. The molecule has 0 saturated carbocycles. The molecule has 298 valence electrons. The number of allylic oxidation sites excluding steroid dienone is 4. The van der Waals surface area contributed by atoms with Crippen molar-refractivity contribution >= 4 is 5.78 Å². The van der Waals surface area contributed by atoms with Crippen molar-refractivity contribution in [3.05, 3.63) is 277 Å². The Morgan fingerprint density at radius 2 is 0.730 bits per heavy atom. The summed E-state index contributed by atoms with van der Waals surface area (Å²) >= 11 is 0. The molecule has 0 aliphatic heterocycles. The zero-order valence-electron chi connectivity index (χ0n) is 34.9. The van der Waals surface area contributed by atoms with E-state index in [1.807, 2.05) is 6.08 Å². The van der Waals surface area contributed by atoms with E-state index < -0.39 is 5.41 Å². The first-order valence-corrected chi connectivity index (χ1v) is 21.9. The lowest BCUT2D eigenvalue weighted by atomic mass is 9.67. The van der Waals surface area contributed by atoms with Gasteiger partial charge in [-0.2, -0.15) is 0 Å². The van der Waals surface area contributed by atoms with E-state index in [2.05, 4.69) is 243 Å². The van der Waals surface area contributed by atoms with Crippen LogP contribution in [-0.4, -0.2) is 5.78 Å². The third-order valence-corrected chi connectivity index (χ3v) is 13.1. The van der Waals surface area contributed by atoms with E-state index in [0.717, 1.165) is 72.3 Å². The molecule has 1 heteroatoms. The van der Waals surface area contributed by atoms with Crippen LogP contribution in [0.15, 0.2) is 249 Å². The minimum Gasteiger partial charge on any atom is -0.289 e.